The van der Waals surface area contributed by atoms with Crippen LogP contribution in [-0.4, -0.2) is 43.5 Å². The van der Waals surface area contributed by atoms with E-state index in [2.05, 4.69) is 25.8 Å². The van der Waals surface area contributed by atoms with Crippen LogP contribution in [0.3, 0.4) is 0 Å². The lowest BCUT2D eigenvalue weighted by molar-refractivity contribution is -0.115. The zero-order chi connectivity index (χ0) is 19.4. The van der Waals surface area contributed by atoms with Crippen LogP contribution in [0, 0.1) is 0 Å². The summed E-state index contributed by atoms with van der Waals surface area (Å²) in [6, 6.07) is 8.75. The van der Waals surface area contributed by atoms with E-state index in [0.717, 1.165) is 11.4 Å². The molecule has 0 saturated carbocycles. The Morgan fingerprint density at radius 3 is 2.70 bits per heavy atom. The number of benzene rings is 1. The zero-order valence-electron chi connectivity index (χ0n) is 14.3. The summed E-state index contributed by atoms with van der Waals surface area (Å²) >= 11 is 13.0. The number of hydrogen-bond donors (Lipinski definition) is 1. The molecule has 8 nitrogen and oxygen atoms in total. The van der Waals surface area contributed by atoms with E-state index in [4.69, 9.17) is 27.9 Å². The van der Waals surface area contributed by atoms with E-state index in [1.165, 1.54) is 24.0 Å². The van der Waals surface area contributed by atoms with Crippen LogP contribution >= 0.6 is 35.0 Å². The number of nitrogens with zero attached hydrogens (tertiary/aromatic N) is 5. The molecule has 1 aromatic carbocycles. The number of ether oxygens (including phenoxy) is 1. The van der Waals surface area contributed by atoms with Gasteiger partial charge in [0.25, 0.3) is 0 Å². The number of aromatic nitrogens is 5. The van der Waals surface area contributed by atoms with Crippen LogP contribution in [0.25, 0.3) is 5.69 Å². The van der Waals surface area contributed by atoms with Crippen molar-refractivity contribution in [3.05, 3.63) is 46.6 Å². The average molecular weight is 425 g/mol. The summed E-state index contributed by atoms with van der Waals surface area (Å²) in [4.78, 5) is 16.5. The van der Waals surface area contributed by atoms with Gasteiger partial charge in [-0.3, -0.25) is 4.79 Å². The van der Waals surface area contributed by atoms with Crippen LogP contribution in [0.4, 0.5) is 5.82 Å². The number of carbonyl (C=O) groups excluding carboxylic acids is 1. The van der Waals surface area contributed by atoms with Gasteiger partial charge >= 0.3 is 0 Å². The third kappa shape index (κ3) is 4.68. The summed E-state index contributed by atoms with van der Waals surface area (Å²) in [5.41, 5.74) is 0.748. The predicted octanol–water partition coefficient (Wildman–Crippen LogP) is 3.49. The van der Waals surface area contributed by atoms with Crippen LogP contribution in [-0.2, 0) is 4.79 Å². The number of nitrogens with one attached hydrogen (secondary N) is 1. The molecule has 0 aliphatic rings. The molecule has 0 fully saturated rings. The lowest BCUT2D eigenvalue weighted by Gasteiger charge is -2.12. The van der Waals surface area contributed by atoms with Crippen molar-refractivity contribution in [3.8, 4) is 11.4 Å². The molecular formula is C16H14Cl2N6O2S. The lowest BCUT2D eigenvalue weighted by Crippen LogP contribution is -2.23. The highest BCUT2D eigenvalue weighted by Gasteiger charge is 2.20. The minimum Gasteiger partial charge on any atom is -0.497 e. The highest BCUT2D eigenvalue weighted by Crippen LogP contribution is 2.26. The summed E-state index contributed by atoms with van der Waals surface area (Å²) in [6.07, 6.45) is 1.41. The minimum atomic E-state index is -0.499. The smallest absolute Gasteiger partial charge is 0.238 e. The maximum Gasteiger partial charge on any atom is 0.238 e. The number of amides is 1. The molecule has 1 atom stereocenters. The molecule has 0 radical (unpaired) electrons. The van der Waals surface area contributed by atoms with Crippen LogP contribution in [0.15, 0.2) is 41.7 Å². The summed E-state index contributed by atoms with van der Waals surface area (Å²) in [5.74, 6) is 0.676. The van der Waals surface area contributed by atoms with Gasteiger partial charge < -0.3 is 10.1 Å². The Labute approximate surface area is 169 Å². The fourth-order valence-corrected chi connectivity index (χ4v) is 3.31. The van der Waals surface area contributed by atoms with Gasteiger partial charge in [-0.2, -0.15) is 4.68 Å². The maximum absolute atomic E-state index is 12.4. The van der Waals surface area contributed by atoms with Crippen molar-refractivity contribution in [2.75, 3.05) is 12.4 Å². The Hall–Kier alpha value is -2.36. The number of rotatable bonds is 6. The fourth-order valence-electron chi connectivity index (χ4n) is 2.07. The molecule has 2 heterocycles. The van der Waals surface area contributed by atoms with Crippen LogP contribution in [0.1, 0.15) is 6.92 Å². The number of methoxy groups -OCH3 is 1. The van der Waals surface area contributed by atoms with Crippen molar-refractivity contribution in [1.82, 2.24) is 25.2 Å². The first-order chi connectivity index (χ1) is 13.0. The Balaban J connectivity index is 1.71. The Morgan fingerprint density at radius 1 is 1.30 bits per heavy atom. The lowest BCUT2D eigenvalue weighted by atomic mass is 10.3. The van der Waals surface area contributed by atoms with Gasteiger partial charge in [-0.15, -0.1) is 5.10 Å². The number of halogens is 2. The number of tetrazole rings is 1. The molecule has 11 heteroatoms. The van der Waals surface area contributed by atoms with E-state index in [0.29, 0.717) is 10.2 Å². The molecular weight excluding hydrogens is 411 g/mol. The normalized spacial score (nSPS) is 11.9. The molecule has 140 valence electrons. The van der Waals surface area contributed by atoms with Gasteiger partial charge in [-0.05, 0) is 47.7 Å². The predicted molar refractivity (Wildman–Crippen MR) is 104 cm³/mol. The van der Waals surface area contributed by atoms with Crippen LogP contribution in [0.5, 0.6) is 5.75 Å². The molecule has 0 aliphatic carbocycles. The second kappa shape index (κ2) is 8.55. The molecule has 1 N–H and O–H groups in total. The SMILES string of the molecule is COc1ccc(-n2nnnc2SC(C)C(=O)Nc2ncc(Cl)cc2Cl)cc1. The first-order valence-corrected chi connectivity index (χ1v) is 9.33. The van der Waals surface area contributed by atoms with Crippen LogP contribution < -0.4 is 10.1 Å². The van der Waals surface area contributed by atoms with Crippen molar-refractivity contribution in [2.24, 2.45) is 0 Å². The Morgan fingerprint density at radius 2 is 2.04 bits per heavy atom. The van der Waals surface area contributed by atoms with E-state index in [9.17, 15) is 4.79 Å². The van der Waals surface area contributed by atoms with Gasteiger partial charge in [-0.1, -0.05) is 35.0 Å². The minimum absolute atomic E-state index is 0.244. The maximum atomic E-state index is 12.4. The average Bonchev–Trinajstić information content (AvgIpc) is 3.12. The van der Waals surface area contributed by atoms with Crippen LogP contribution in [0.2, 0.25) is 10.0 Å². The third-order valence-corrected chi connectivity index (χ3v) is 4.99. The number of hydrogen-bond acceptors (Lipinski definition) is 7. The molecule has 1 unspecified atom stereocenters. The molecule has 1 amide bonds. The van der Waals surface area contributed by atoms with E-state index < -0.39 is 5.25 Å². The first-order valence-electron chi connectivity index (χ1n) is 7.69. The van der Waals surface area contributed by atoms with Gasteiger partial charge in [-0.25, -0.2) is 4.98 Å². The largest absolute Gasteiger partial charge is 0.497 e. The molecule has 0 aliphatic heterocycles. The van der Waals surface area contributed by atoms with Crippen molar-refractivity contribution in [2.45, 2.75) is 17.3 Å². The van der Waals surface area contributed by atoms with Gasteiger partial charge in [0.2, 0.25) is 11.1 Å². The van der Waals surface area contributed by atoms with E-state index in [1.807, 2.05) is 12.1 Å². The molecule has 27 heavy (non-hydrogen) atoms. The van der Waals surface area contributed by atoms with Gasteiger partial charge in [0.15, 0.2) is 5.82 Å². The van der Waals surface area contributed by atoms with Crippen molar-refractivity contribution < 1.29 is 9.53 Å². The van der Waals surface area contributed by atoms with E-state index >= 15 is 0 Å². The van der Waals surface area contributed by atoms with E-state index in [1.54, 1.807) is 30.8 Å². The van der Waals surface area contributed by atoms with Crippen molar-refractivity contribution >= 4 is 46.7 Å². The highest BCUT2D eigenvalue weighted by atomic mass is 35.5. The Kier molecular flexibility index (Phi) is 6.15. The number of carbonyl (C=O) groups is 1. The summed E-state index contributed by atoms with van der Waals surface area (Å²) in [5, 5.41) is 14.9. The number of pyridine rings is 1. The summed E-state index contributed by atoms with van der Waals surface area (Å²) in [7, 11) is 1.59. The zero-order valence-corrected chi connectivity index (χ0v) is 16.6. The summed E-state index contributed by atoms with van der Waals surface area (Å²) < 4.78 is 6.69. The summed E-state index contributed by atoms with van der Waals surface area (Å²) in [6.45, 7) is 1.73. The molecule has 3 rings (SSSR count). The third-order valence-electron chi connectivity index (χ3n) is 3.46. The molecule has 0 saturated heterocycles. The van der Waals surface area contributed by atoms with Crippen molar-refractivity contribution in [1.29, 1.82) is 0 Å². The van der Waals surface area contributed by atoms with E-state index in [-0.39, 0.29) is 16.7 Å². The van der Waals surface area contributed by atoms with Gasteiger partial charge in [0.05, 0.1) is 28.1 Å². The highest BCUT2D eigenvalue weighted by molar-refractivity contribution is 8.00. The topological polar surface area (TPSA) is 94.8 Å². The Bertz CT molecular complexity index is 950. The monoisotopic (exact) mass is 424 g/mol. The van der Waals surface area contributed by atoms with Gasteiger partial charge in [0.1, 0.15) is 5.75 Å². The first kappa shape index (κ1) is 19.4. The van der Waals surface area contributed by atoms with Crippen molar-refractivity contribution in [3.63, 3.8) is 0 Å². The molecule has 2 aromatic heterocycles. The fraction of sp³-hybridized carbons (Fsp3) is 0.188. The number of anilines is 1. The number of thioether (sulfide) groups is 1. The second-order valence-electron chi connectivity index (χ2n) is 5.30. The van der Waals surface area contributed by atoms with Gasteiger partial charge in [0, 0.05) is 6.20 Å². The molecule has 0 spiro atoms. The molecule has 3 aromatic rings. The quantitative estimate of drug-likeness (QED) is 0.604. The second-order valence-corrected chi connectivity index (χ2v) is 7.46. The standard InChI is InChI=1S/C16H14Cl2N6O2S/c1-9(15(25)20-14-13(18)7-10(17)8-19-14)27-16-21-22-23-24(16)11-3-5-12(26-2)6-4-11/h3-9H,1-2H3,(H,19,20,25). The molecule has 0 bridgehead atoms.